The van der Waals surface area contributed by atoms with Crippen molar-refractivity contribution >= 4 is 17.9 Å². The van der Waals surface area contributed by atoms with E-state index in [1.165, 1.54) is 9.80 Å². The average Bonchev–Trinajstić information content (AvgIpc) is 2.41. The molecule has 2 aliphatic rings. The van der Waals surface area contributed by atoms with Crippen molar-refractivity contribution in [2.45, 2.75) is 44.7 Å². The monoisotopic (exact) mass is 283 g/mol. The third kappa shape index (κ3) is 2.44. The molecule has 3 amide bonds. The summed E-state index contributed by atoms with van der Waals surface area (Å²) in [4.78, 5) is 38.7. The molecule has 0 spiro atoms. The van der Waals surface area contributed by atoms with Crippen LogP contribution in [0.25, 0.3) is 0 Å². The van der Waals surface area contributed by atoms with E-state index in [-0.39, 0.29) is 11.9 Å². The van der Waals surface area contributed by atoms with E-state index in [2.05, 4.69) is 5.32 Å². The molecule has 112 valence electrons. The van der Waals surface area contributed by atoms with Gasteiger partial charge in [0.25, 0.3) is 0 Å². The number of carbonyl (C=O) groups excluding carboxylic acids is 2. The normalized spacial score (nSPS) is 26.1. The van der Waals surface area contributed by atoms with Crippen LogP contribution < -0.4 is 5.32 Å². The van der Waals surface area contributed by atoms with Crippen LogP contribution in [0.1, 0.15) is 33.1 Å². The van der Waals surface area contributed by atoms with Crippen LogP contribution >= 0.6 is 0 Å². The van der Waals surface area contributed by atoms with Gasteiger partial charge < -0.3 is 20.2 Å². The minimum absolute atomic E-state index is 0.207. The number of carboxylic acids is 1. The summed E-state index contributed by atoms with van der Waals surface area (Å²) in [5.41, 5.74) is -0.949. The van der Waals surface area contributed by atoms with Gasteiger partial charge in [-0.2, -0.15) is 0 Å². The van der Waals surface area contributed by atoms with E-state index in [0.29, 0.717) is 26.1 Å². The van der Waals surface area contributed by atoms with E-state index in [1.54, 1.807) is 13.8 Å². The summed E-state index contributed by atoms with van der Waals surface area (Å²) in [6, 6.07) is -1.13. The highest BCUT2D eigenvalue weighted by Gasteiger charge is 2.44. The zero-order valence-corrected chi connectivity index (χ0v) is 11.9. The molecule has 7 nitrogen and oxygen atoms in total. The number of rotatable bonds is 1. The standard InChI is InChI=1S/C13H21N3O4/c1-13(2)11(19)14-6-8-16(13)12(20)15-7-4-3-5-9(15)10(17)18/h9H,3-8H2,1-2H3,(H,14,19)(H,17,18). The molecule has 0 aromatic carbocycles. The second-order valence-electron chi connectivity index (χ2n) is 5.79. The number of aliphatic carboxylic acids is 1. The molecule has 7 heteroatoms. The van der Waals surface area contributed by atoms with Gasteiger partial charge in [0.1, 0.15) is 11.6 Å². The van der Waals surface area contributed by atoms with Crippen molar-refractivity contribution in [2.75, 3.05) is 19.6 Å². The molecule has 2 rings (SSSR count). The Morgan fingerprint density at radius 2 is 2.00 bits per heavy atom. The summed E-state index contributed by atoms with van der Waals surface area (Å²) in [5.74, 6) is -1.18. The molecule has 2 saturated heterocycles. The number of carbonyl (C=O) groups is 3. The van der Waals surface area contributed by atoms with Crippen LogP contribution in [0.4, 0.5) is 4.79 Å². The van der Waals surface area contributed by atoms with Crippen molar-refractivity contribution in [2.24, 2.45) is 0 Å². The zero-order valence-electron chi connectivity index (χ0n) is 11.9. The molecule has 0 radical (unpaired) electrons. The number of amides is 3. The van der Waals surface area contributed by atoms with Crippen LogP contribution in [0.2, 0.25) is 0 Å². The van der Waals surface area contributed by atoms with Crippen LogP contribution in [0.5, 0.6) is 0 Å². The lowest BCUT2D eigenvalue weighted by Crippen LogP contribution is -2.67. The lowest BCUT2D eigenvalue weighted by molar-refractivity contribution is -0.143. The number of hydrogen-bond donors (Lipinski definition) is 2. The summed E-state index contributed by atoms with van der Waals surface area (Å²) in [6.45, 7) is 4.60. The second-order valence-corrected chi connectivity index (χ2v) is 5.79. The maximum Gasteiger partial charge on any atom is 0.326 e. The van der Waals surface area contributed by atoms with Crippen LogP contribution in [0.3, 0.4) is 0 Å². The Morgan fingerprint density at radius 1 is 1.30 bits per heavy atom. The van der Waals surface area contributed by atoms with Crippen molar-refractivity contribution in [3.05, 3.63) is 0 Å². The first-order valence-electron chi connectivity index (χ1n) is 6.95. The predicted octanol–water partition coefficient (Wildman–Crippen LogP) is 0.256. The van der Waals surface area contributed by atoms with Crippen molar-refractivity contribution < 1.29 is 19.5 Å². The van der Waals surface area contributed by atoms with Crippen LogP contribution in [-0.4, -0.2) is 64.0 Å². The van der Waals surface area contributed by atoms with E-state index in [9.17, 15) is 19.5 Å². The van der Waals surface area contributed by atoms with Gasteiger partial charge in [-0.1, -0.05) is 0 Å². The summed E-state index contributed by atoms with van der Waals surface area (Å²) < 4.78 is 0. The van der Waals surface area contributed by atoms with Gasteiger partial charge >= 0.3 is 12.0 Å². The lowest BCUT2D eigenvalue weighted by atomic mass is 9.98. The van der Waals surface area contributed by atoms with Crippen LogP contribution in [0.15, 0.2) is 0 Å². The number of piperazine rings is 1. The van der Waals surface area contributed by atoms with Gasteiger partial charge in [-0.25, -0.2) is 9.59 Å². The third-order valence-corrected chi connectivity index (χ3v) is 4.12. The molecular weight excluding hydrogens is 262 g/mol. The molecule has 2 fully saturated rings. The molecule has 0 bridgehead atoms. The number of nitrogens with zero attached hydrogens (tertiary/aromatic N) is 2. The Balaban J connectivity index is 2.20. The van der Waals surface area contributed by atoms with Crippen LogP contribution in [-0.2, 0) is 9.59 Å². The molecule has 1 atom stereocenters. The van der Waals surface area contributed by atoms with Crippen molar-refractivity contribution in [1.29, 1.82) is 0 Å². The van der Waals surface area contributed by atoms with E-state index in [4.69, 9.17) is 0 Å². The third-order valence-electron chi connectivity index (χ3n) is 4.12. The number of hydrogen-bond acceptors (Lipinski definition) is 3. The lowest BCUT2D eigenvalue weighted by Gasteiger charge is -2.45. The highest BCUT2D eigenvalue weighted by Crippen LogP contribution is 2.24. The van der Waals surface area contributed by atoms with Gasteiger partial charge in [-0.15, -0.1) is 0 Å². The fourth-order valence-corrected chi connectivity index (χ4v) is 2.81. The van der Waals surface area contributed by atoms with Gasteiger partial charge in [0, 0.05) is 19.6 Å². The fraction of sp³-hybridized carbons (Fsp3) is 0.769. The minimum Gasteiger partial charge on any atom is -0.480 e. The average molecular weight is 283 g/mol. The number of urea groups is 1. The molecule has 0 saturated carbocycles. The number of piperidine rings is 1. The summed E-state index contributed by atoms with van der Waals surface area (Å²) >= 11 is 0. The Labute approximate surface area is 117 Å². The number of carboxylic acid groups (broad SMARTS) is 1. The topological polar surface area (TPSA) is 90.0 Å². The number of likely N-dealkylation sites (tertiary alicyclic amines) is 1. The van der Waals surface area contributed by atoms with Gasteiger partial charge in [-0.3, -0.25) is 4.79 Å². The Morgan fingerprint density at radius 3 is 2.65 bits per heavy atom. The van der Waals surface area contributed by atoms with Gasteiger partial charge in [-0.05, 0) is 33.1 Å². The highest BCUT2D eigenvalue weighted by atomic mass is 16.4. The second kappa shape index (κ2) is 5.30. The fourth-order valence-electron chi connectivity index (χ4n) is 2.81. The van der Waals surface area contributed by atoms with Gasteiger partial charge in [0.15, 0.2) is 0 Å². The van der Waals surface area contributed by atoms with Gasteiger partial charge in [0.05, 0.1) is 0 Å². The summed E-state index contributed by atoms with van der Waals surface area (Å²) in [7, 11) is 0. The van der Waals surface area contributed by atoms with E-state index in [0.717, 1.165) is 12.8 Å². The molecule has 0 aliphatic carbocycles. The Hall–Kier alpha value is -1.79. The molecule has 2 aliphatic heterocycles. The molecule has 1 unspecified atom stereocenters. The number of nitrogens with one attached hydrogen (secondary N) is 1. The quantitative estimate of drug-likeness (QED) is 0.722. The summed E-state index contributed by atoms with van der Waals surface area (Å²) in [6.07, 6.45) is 2.09. The van der Waals surface area contributed by atoms with Crippen LogP contribution in [0, 0.1) is 0 Å². The van der Waals surface area contributed by atoms with Crippen molar-refractivity contribution in [1.82, 2.24) is 15.1 Å². The van der Waals surface area contributed by atoms with E-state index >= 15 is 0 Å². The van der Waals surface area contributed by atoms with Gasteiger partial charge in [0.2, 0.25) is 5.91 Å². The maximum absolute atomic E-state index is 12.6. The molecular formula is C13H21N3O4. The molecule has 20 heavy (non-hydrogen) atoms. The maximum atomic E-state index is 12.6. The molecule has 0 aromatic heterocycles. The SMILES string of the molecule is CC1(C)C(=O)NCCN1C(=O)N1CCCCC1C(=O)O. The van der Waals surface area contributed by atoms with E-state index < -0.39 is 17.6 Å². The van der Waals surface area contributed by atoms with E-state index in [1.807, 2.05) is 0 Å². The minimum atomic E-state index is -0.975. The summed E-state index contributed by atoms with van der Waals surface area (Å²) in [5, 5.41) is 12.0. The van der Waals surface area contributed by atoms with Crippen molar-refractivity contribution in [3.8, 4) is 0 Å². The Bertz CT molecular complexity index is 435. The smallest absolute Gasteiger partial charge is 0.326 e. The first-order chi connectivity index (χ1) is 9.35. The Kier molecular flexibility index (Phi) is 3.87. The molecule has 0 aromatic rings. The predicted molar refractivity (Wildman–Crippen MR) is 71.2 cm³/mol. The first kappa shape index (κ1) is 14.6. The first-order valence-corrected chi connectivity index (χ1v) is 6.95. The zero-order chi connectivity index (χ0) is 14.9. The highest BCUT2D eigenvalue weighted by molar-refractivity contribution is 5.92. The largest absolute Gasteiger partial charge is 0.480 e. The van der Waals surface area contributed by atoms with Crippen molar-refractivity contribution in [3.63, 3.8) is 0 Å². The molecule has 2 heterocycles. The molecule has 2 N–H and O–H groups in total.